The molecular weight excluding hydrogens is 416 g/mol. The van der Waals surface area contributed by atoms with Crippen molar-refractivity contribution in [3.8, 4) is 0 Å². The summed E-state index contributed by atoms with van der Waals surface area (Å²) in [7, 11) is 0. The molecule has 2 heterocycles. The molecule has 0 radical (unpaired) electrons. The van der Waals surface area contributed by atoms with Gasteiger partial charge in [0.2, 0.25) is 0 Å². The Hall–Kier alpha value is -4.18. The van der Waals surface area contributed by atoms with E-state index in [1.54, 1.807) is 0 Å². The Balaban J connectivity index is 1.42. The van der Waals surface area contributed by atoms with E-state index in [0.29, 0.717) is 0 Å². The number of anilines is 3. The Labute approximate surface area is 201 Å². The Morgan fingerprint density at radius 3 is 2.12 bits per heavy atom. The molecule has 0 saturated carbocycles. The third-order valence-corrected chi connectivity index (χ3v) is 6.49. The van der Waals surface area contributed by atoms with Gasteiger partial charge >= 0.3 is 0 Å². The van der Waals surface area contributed by atoms with Crippen LogP contribution in [0.15, 0.2) is 109 Å². The van der Waals surface area contributed by atoms with Crippen LogP contribution in [0.5, 0.6) is 0 Å². The summed E-state index contributed by atoms with van der Waals surface area (Å²) in [6, 6.07) is 19.1. The monoisotopic (exact) mass is 446 g/mol. The van der Waals surface area contributed by atoms with Crippen molar-refractivity contribution in [1.82, 2.24) is 5.32 Å². The SMILES string of the molecule is C=C/C=C1/NC(/C(C=C)=C/C=C(\C)C2Nc3cccc4cccc(c34)N2)Nc2cccc(C)c21. The van der Waals surface area contributed by atoms with Gasteiger partial charge in [0.15, 0.2) is 0 Å². The molecule has 170 valence electrons. The van der Waals surface area contributed by atoms with E-state index in [4.69, 9.17) is 0 Å². The van der Waals surface area contributed by atoms with Gasteiger partial charge in [0.25, 0.3) is 0 Å². The molecule has 3 aromatic rings. The van der Waals surface area contributed by atoms with Gasteiger partial charge in [-0.2, -0.15) is 0 Å². The summed E-state index contributed by atoms with van der Waals surface area (Å²) >= 11 is 0. The van der Waals surface area contributed by atoms with E-state index in [0.717, 1.165) is 28.3 Å². The van der Waals surface area contributed by atoms with Gasteiger partial charge in [-0.15, -0.1) is 0 Å². The fourth-order valence-corrected chi connectivity index (χ4v) is 4.74. The molecule has 3 aromatic carbocycles. The van der Waals surface area contributed by atoms with Gasteiger partial charge < -0.3 is 21.3 Å². The van der Waals surface area contributed by atoms with Crippen molar-refractivity contribution in [3.05, 3.63) is 120 Å². The number of benzene rings is 3. The maximum atomic E-state index is 4.08. The molecule has 4 N–H and O–H groups in total. The van der Waals surface area contributed by atoms with Crippen LogP contribution in [0.4, 0.5) is 17.1 Å². The number of rotatable bonds is 5. The van der Waals surface area contributed by atoms with Gasteiger partial charge in [-0.25, -0.2) is 0 Å². The van der Waals surface area contributed by atoms with Crippen LogP contribution in [0.2, 0.25) is 0 Å². The van der Waals surface area contributed by atoms with Gasteiger partial charge in [-0.05, 0) is 60.2 Å². The average molecular weight is 447 g/mol. The van der Waals surface area contributed by atoms with E-state index in [2.05, 4.69) is 115 Å². The van der Waals surface area contributed by atoms with E-state index in [-0.39, 0.29) is 12.3 Å². The zero-order chi connectivity index (χ0) is 23.7. The summed E-state index contributed by atoms with van der Waals surface area (Å²) in [5.41, 5.74) is 9.09. The van der Waals surface area contributed by atoms with Crippen LogP contribution in [0, 0.1) is 6.92 Å². The van der Waals surface area contributed by atoms with Crippen LogP contribution in [0.1, 0.15) is 18.1 Å². The topological polar surface area (TPSA) is 48.1 Å². The fourth-order valence-electron chi connectivity index (χ4n) is 4.74. The van der Waals surface area contributed by atoms with Crippen LogP contribution in [-0.2, 0) is 0 Å². The molecule has 0 aliphatic carbocycles. The number of nitrogens with one attached hydrogen (secondary N) is 4. The van der Waals surface area contributed by atoms with Crippen molar-refractivity contribution in [2.75, 3.05) is 16.0 Å². The summed E-state index contributed by atoms with van der Waals surface area (Å²) < 4.78 is 0. The van der Waals surface area contributed by atoms with Crippen molar-refractivity contribution in [2.45, 2.75) is 26.2 Å². The Morgan fingerprint density at radius 1 is 0.794 bits per heavy atom. The van der Waals surface area contributed by atoms with Crippen molar-refractivity contribution in [1.29, 1.82) is 0 Å². The molecule has 0 bridgehead atoms. The van der Waals surface area contributed by atoms with Crippen molar-refractivity contribution >= 4 is 33.5 Å². The molecule has 0 saturated heterocycles. The molecular formula is C30H30N4. The number of hydrogen-bond donors (Lipinski definition) is 4. The van der Waals surface area contributed by atoms with Crippen molar-refractivity contribution in [3.63, 3.8) is 0 Å². The first-order valence-electron chi connectivity index (χ1n) is 11.6. The predicted molar refractivity (Wildman–Crippen MR) is 147 cm³/mol. The quantitative estimate of drug-likeness (QED) is 0.321. The number of aryl methyl sites for hydroxylation is 1. The summed E-state index contributed by atoms with van der Waals surface area (Å²) in [6.45, 7) is 12.2. The lowest BCUT2D eigenvalue weighted by molar-refractivity contribution is 0.756. The highest BCUT2D eigenvalue weighted by Crippen LogP contribution is 2.36. The summed E-state index contributed by atoms with van der Waals surface area (Å²) in [5.74, 6) is 0. The summed E-state index contributed by atoms with van der Waals surface area (Å²) in [6.07, 6.45) is 9.94. The second kappa shape index (κ2) is 8.99. The van der Waals surface area contributed by atoms with Gasteiger partial charge in [0.1, 0.15) is 12.3 Å². The number of fused-ring (bicyclic) bond motifs is 1. The molecule has 1 unspecified atom stereocenters. The Bertz CT molecular complexity index is 1340. The predicted octanol–water partition coefficient (Wildman–Crippen LogP) is 6.94. The van der Waals surface area contributed by atoms with Crippen LogP contribution >= 0.6 is 0 Å². The molecule has 0 amide bonds. The minimum Gasteiger partial charge on any atom is -0.361 e. The zero-order valence-corrected chi connectivity index (χ0v) is 19.7. The molecule has 0 aromatic heterocycles. The number of allylic oxidation sites excluding steroid dienone is 4. The zero-order valence-electron chi connectivity index (χ0n) is 19.7. The summed E-state index contributed by atoms with van der Waals surface area (Å²) in [4.78, 5) is 0. The van der Waals surface area contributed by atoms with Gasteiger partial charge in [0, 0.05) is 33.7 Å². The van der Waals surface area contributed by atoms with Gasteiger partial charge in [-0.1, -0.05) is 73.9 Å². The smallest absolute Gasteiger partial charge is 0.123 e. The minimum absolute atomic E-state index is 0.00897. The molecule has 1 atom stereocenters. The van der Waals surface area contributed by atoms with E-state index < -0.39 is 0 Å². The second-order valence-electron chi connectivity index (χ2n) is 8.75. The molecule has 0 spiro atoms. The van der Waals surface area contributed by atoms with Crippen LogP contribution in [0.3, 0.4) is 0 Å². The molecule has 4 heteroatoms. The number of hydrogen-bond acceptors (Lipinski definition) is 4. The first-order chi connectivity index (χ1) is 16.6. The van der Waals surface area contributed by atoms with Crippen LogP contribution in [0.25, 0.3) is 16.5 Å². The normalized spacial score (nSPS) is 18.9. The average Bonchev–Trinajstić information content (AvgIpc) is 2.85. The van der Waals surface area contributed by atoms with Crippen molar-refractivity contribution in [2.24, 2.45) is 0 Å². The third kappa shape index (κ3) is 3.88. The molecule has 0 fully saturated rings. The molecule has 2 aliphatic rings. The van der Waals surface area contributed by atoms with Crippen molar-refractivity contribution < 1.29 is 0 Å². The van der Waals surface area contributed by atoms with E-state index in [1.807, 2.05) is 18.2 Å². The lowest BCUT2D eigenvalue weighted by Crippen LogP contribution is -2.40. The van der Waals surface area contributed by atoms with Gasteiger partial charge in [0.05, 0.1) is 0 Å². The standard InChI is InChI=1S/C30H30N4/c1-5-10-23-27-19(3)11-7-14-24(27)34-30(33-23)21(6-2)18-17-20(4)29-31-25-15-8-12-22-13-9-16-26(32-29)28(22)25/h5-18,29-34H,1-2H2,3-4H3/b20-17+,21-18+,23-10+. The van der Waals surface area contributed by atoms with Crippen LogP contribution < -0.4 is 21.3 Å². The first kappa shape index (κ1) is 21.7. The maximum Gasteiger partial charge on any atom is 0.123 e. The second-order valence-corrected chi connectivity index (χ2v) is 8.75. The van der Waals surface area contributed by atoms with E-state index >= 15 is 0 Å². The lowest BCUT2D eigenvalue weighted by Gasteiger charge is -2.33. The third-order valence-electron chi connectivity index (χ3n) is 6.49. The molecule has 4 nitrogen and oxygen atoms in total. The highest BCUT2D eigenvalue weighted by molar-refractivity contribution is 6.05. The molecule has 5 rings (SSSR count). The van der Waals surface area contributed by atoms with Crippen LogP contribution in [-0.4, -0.2) is 12.3 Å². The van der Waals surface area contributed by atoms with Gasteiger partial charge in [-0.3, -0.25) is 0 Å². The molecule has 2 aliphatic heterocycles. The highest BCUT2D eigenvalue weighted by Gasteiger charge is 2.24. The Morgan fingerprint density at radius 2 is 1.44 bits per heavy atom. The summed E-state index contributed by atoms with van der Waals surface area (Å²) in [5, 5.41) is 17.0. The first-order valence-corrected chi connectivity index (χ1v) is 11.6. The highest BCUT2D eigenvalue weighted by atomic mass is 15.2. The fraction of sp³-hybridized carbons (Fsp3) is 0.133. The van der Waals surface area contributed by atoms with E-state index in [1.165, 1.54) is 27.5 Å². The maximum absolute atomic E-state index is 4.08. The largest absolute Gasteiger partial charge is 0.361 e. The Kier molecular flexibility index (Phi) is 5.72. The molecule has 34 heavy (non-hydrogen) atoms. The van der Waals surface area contributed by atoms with E-state index in [9.17, 15) is 0 Å². The lowest BCUT2D eigenvalue weighted by atomic mass is 9.98. The minimum atomic E-state index is -0.0937.